The number of halogens is 1. The van der Waals surface area contributed by atoms with Crippen molar-refractivity contribution >= 4 is 32.8 Å². The molecule has 0 unspecified atom stereocenters. The Kier molecular flexibility index (Phi) is 3.88. The van der Waals surface area contributed by atoms with Crippen molar-refractivity contribution in [2.45, 2.75) is 11.8 Å². The van der Waals surface area contributed by atoms with Crippen molar-refractivity contribution in [2.24, 2.45) is 0 Å². The van der Waals surface area contributed by atoms with Crippen LogP contribution < -0.4 is 0 Å². The Hall–Kier alpha value is -1.13. The number of allylic oxidation sites excluding steroid dienone is 1. The molecule has 86 valence electrons. The van der Waals surface area contributed by atoms with Crippen molar-refractivity contribution in [2.75, 3.05) is 6.26 Å². The number of hydrogen-bond acceptors (Lipinski definition) is 3. The number of hydrogen-bond donors (Lipinski definition) is 0. The Balaban J connectivity index is 3.51. The van der Waals surface area contributed by atoms with E-state index in [2.05, 4.69) is 0 Å². The zero-order chi connectivity index (χ0) is 12.3. The summed E-state index contributed by atoms with van der Waals surface area (Å²) in [7, 11) is -3.37. The highest BCUT2D eigenvalue weighted by Crippen LogP contribution is 2.20. The van der Waals surface area contributed by atoms with Crippen LogP contribution >= 0.6 is 11.6 Å². The predicted octanol–water partition coefficient (Wildman–Crippen LogP) is 2.50. The number of carbonyl (C=O) groups is 1. The Bertz CT molecular complexity index is 544. The lowest BCUT2D eigenvalue weighted by molar-refractivity contribution is 0.108. The first-order valence-corrected chi connectivity index (χ1v) is 6.80. The molecule has 0 spiro atoms. The van der Waals surface area contributed by atoms with E-state index in [0.29, 0.717) is 5.56 Å². The van der Waals surface area contributed by atoms with Gasteiger partial charge in [0.2, 0.25) is 0 Å². The lowest BCUT2D eigenvalue weighted by Crippen LogP contribution is -2.02. The molecular weight excluding hydrogens is 248 g/mol. The van der Waals surface area contributed by atoms with Gasteiger partial charge in [-0.3, -0.25) is 4.79 Å². The van der Waals surface area contributed by atoms with Crippen LogP contribution in [0.15, 0.2) is 29.2 Å². The lowest BCUT2D eigenvalue weighted by atomic mass is 10.1. The summed E-state index contributed by atoms with van der Waals surface area (Å²) in [6, 6.07) is 4.35. The van der Waals surface area contributed by atoms with Crippen LogP contribution in [0.3, 0.4) is 0 Å². The molecule has 0 aliphatic carbocycles. The molecule has 0 aliphatic heterocycles. The summed E-state index contributed by atoms with van der Waals surface area (Å²) >= 11 is 5.30. The van der Waals surface area contributed by atoms with Gasteiger partial charge in [0.1, 0.15) is 0 Å². The minimum absolute atomic E-state index is 0.108. The fourth-order valence-corrected chi connectivity index (χ4v) is 2.32. The van der Waals surface area contributed by atoms with Crippen molar-refractivity contribution in [3.05, 3.63) is 35.4 Å². The van der Waals surface area contributed by atoms with Gasteiger partial charge in [0.15, 0.2) is 9.84 Å². The van der Waals surface area contributed by atoms with E-state index in [1.165, 1.54) is 12.1 Å². The molecule has 16 heavy (non-hydrogen) atoms. The third kappa shape index (κ3) is 2.93. The molecule has 0 saturated heterocycles. The topological polar surface area (TPSA) is 51.2 Å². The molecular formula is C11H11ClO3S. The molecule has 0 fully saturated rings. The highest BCUT2D eigenvalue weighted by Gasteiger charge is 2.14. The Labute approximate surface area is 99.7 Å². The van der Waals surface area contributed by atoms with Crippen LogP contribution in [0.25, 0.3) is 6.08 Å². The monoisotopic (exact) mass is 258 g/mol. The maximum absolute atomic E-state index is 11.5. The number of benzene rings is 1. The van der Waals surface area contributed by atoms with Gasteiger partial charge in [-0.05, 0) is 36.2 Å². The van der Waals surface area contributed by atoms with E-state index in [4.69, 9.17) is 11.6 Å². The van der Waals surface area contributed by atoms with Crippen LogP contribution in [0.2, 0.25) is 0 Å². The Morgan fingerprint density at radius 3 is 2.44 bits per heavy atom. The van der Waals surface area contributed by atoms with E-state index in [-0.39, 0.29) is 10.5 Å². The Morgan fingerprint density at radius 2 is 2.00 bits per heavy atom. The summed E-state index contributed by atoms with van der Waals surface area (Å²) in [5.74, 6) is 0. The van der Waals surface area contributed by atoms with Crippen molar-refractivity contribution in [1.82, 2.24) is 0 Å². The molecule has 0 atom stereocenters. The second kappa shape index (κ2) is 4.80. The van der Waals surface area contributed by atoms with Crippen molar-refractivity contribution in [3.8, 4) is 0 Å². The van der Waals surface area contributed by atoms with Gasteiger partial charge in [-0.15, -0.1) is 0 Å². The minimum atomic E-state index is -3.37. The molecule has 1 aromatic rings. The van der Waals surface area contributed by atoms with Crippen LogP contribution in [0, 0.1) is 0 Å². The summed E-state index contributed by atoms with van der Waals surface area (Å²) in [6.07, 6.45) is 4.49. The SMILES string of the molecule is C/C=C\c1ccc(C(=O)Cl)cc1S(C)(=O)=O. The number of rotatable bonds is 3. The van der Waals surface area contributed by atoms with E-state index in [0.717, 1.165) is 6.26 Å². The van der Waals surface area contributed by atoms with Crippen LogP contribution in [0.4, 0.5) is 0 Å². The third-order valence-electron chi connectivity index (χ3n) is 1.99. The second-order valence-electron chi connectivity index (χ2n) is 3.30. The standard InChI is InChI=1S/C11H11ClO3S/c1-3-4-8-5-6-9(11(12)13)7-10(8)16(2,14)15/h3-7H,1-2H3/b4-3-. The summed E-state index contributed by atoms with van der Waals surface area (Å²) in [4.78, 5) is 11.1. The van der Waals surface area contributed by atoms with Gasteiger partial charge in [-0.25, -0.2) is 8.42 Å². The maximum Gasteiger partial charge on any atom is 0.252 e. The van der Waals surface area contributed by atoms with E-state index in [1.54, 1.807) is 25.1 Å². The highest BCUT2D eigenvalue weighted by molar-refractivity contribution is 7.90. The first kappa shape index (κ1) is 12.9. The van der Waals surface area contributed by atoms with Crippen molar-refractivity contribution in [3.63, 3.8) is 0 Å². The molecule has 0 amide bonds. The first-order chi connectivity index (χ1) is 7.36. The van der Waals surface area contributed by atoms with Crippen LogP contribution in [-0.4, -0.2) is 19.9 Å². The largest absolute Gasteiger partial charge is 0.276 e. The quantitative estimate of drug-likeness (QED) is 0.783. The Morgan fingerprint density at radius 1 is 1.38 bits per heavy atom. The molecule has 0 bridgehead atoms. The molecule has 0 radical (unpaired) electrons. The molecule has 1 aromatic carbocycles. The van der Waals surface area contributed by atoms with Gasteiger partial charge in [0, 0.05) is 11.8 Å². The fraction of sp³-hybridized carbons (Fsp3) is 0.182. The van der Waals surface area contributed by atoms with E-state index < -0.39 is 15.1 Å². The molecule has 0 heterocycles. The average Bonchev–Trinajstić information content (AvgIpc) is 2.16. The van der Waals surface area contributed by atoms with Gasteiger partial charge in [-0.2, -0.15) is 0 Å². The number of carbonyl (C=O) groups excluding carboxylic acids is 1. The second-order valence-corrected chi connectivity index (χ2v) is 5.63. The summed E-state index contributed by atoms with van der Waals surface area (Å²) < 4.78 is 23.0. The predicted molar refractivity (Wildman–Crippen MR) is 64.4 cm³/mol. The smallest absolute Gasteiger partial charge is 0.252 e. The van der Waals surface area contributed by atoms with Crippen molar-refractivity contribution in [1.29, 1.82) is 0 Å². The number of sulfone groups is 1. The molecule has 0 aliphatic rings. The first-order valence-electron chi connectivity index (χ1n) is 4.53. The van der Waals surface area contributed by atoms with E-state index in [9.17, 15) is 13.2 Å². The van der Waals surface area contributed by atoms with Gasteiger partial charge in [0.25, 0.3) is 5.24 Å². The zero-order valence-corrected chi connectivity index (χ0v) is 10.5. The zero-order valence-electron chi connectivity index (χ0n) is 8.90. The summed E-state index contributed by atoms with van der Waals surface area (Å²) in [5.41, 5.74) is 0.724. The average molecular weight is 259 g/mol. The third-order valence-corrected chi connectivity index (χ3v) is 3.36. The highest BCUT2D eigenvalue weighted by atomic mass is 35.5. The normalized spacial score (nSPS) is 11.9. The van der Waals surface area contributed by atoms with Gasteiger partial charge in [-0.1, -0.05) is 18.2 Å². The molecule has 0 saturated carbocycles. The maximum atomic E-state index is 11.5. The van der Waals surface area contributed by atoms with Crippen LogP contribution in [0.5, 0.6) is 0 Å². The molecule has 0 aromatic heterocycles. The molecule has 5 heteroatoms. The summed E-state index contributed by atoms with van der Waals surface area (Å²) in [6.45, 7) is 1.78. The minimum Gasteiger partial charge on any atom is -0.276 e. The molecule has 1 rings (SSSR count). The van der Waals surface area contributed by atoms with Gasteiger partial charge < -0.3 is 0 Å². The molecule has 3 nitrogen and oxygen atoms in total. The fourth-order valence-electron chi connectivity index (χ4n) is 1.29. The van der Waals surface area contributed by atoms with Crippen molar-refractivity contribution < 1.29 is 13.2 Å². The van der Waals surface area contributed by atoms with Gasteiger partial charge >= 0.3 is 0 Å². The lowest BCUT2D eigenvalue weighted by Gasteiger charge is -2.05. The van der Waals surface area contributed by atoms with E-state index in [1.807, 2.05) is 0 Å². The summed E-state index contributed by atoms with van der Waals surface area (Å²) in [5, 5.41) is -0.670. The van der Waals surface area contributed by atoms with Crippen LogP contribution in [-0.2, 0) is 9.84 Å². The van der Waals surface area contributed by atoms with E-state index >= 15 is 0 Å². The van der Waals surface area contributed by atoms with Crippen LogP contribution in [0.1, 0.15) is 22.8 Å². The molecule has 0 N–H and O–H groups in total. The van der Waals surface area contributed by atoms with Gasteiger partial charge in [0.05, 0.1) is 4.90 Å².